The highest BCUT2D eigenvalue weighted by molar-refractivity contribution is 5.84. The number of nitrogens with one attached hydrogen (secondary N) is 1. The molecule has 2 heterocycles. The summed E-state index contributed by atoms with van der Waals surface area (Å²) in [6, 6.07) is 0. The average Bonchev–Trinajstić information content (AvgIpc) is 2.33. The fraction of sp³-hybridized carbons (Fsp3) is 0.200. The van der Waals surface area contributed by atoms with Gasteiger partial charge in [0.25, 0.3) is 0 Å². The molecular weight excluding hydrogens is 116 g/mol. The number of aliphatic imine (C=N–C) groups is 1. The van der Waals surface area contributed by atoms with Gasteiger partial charge >= 0.3 is 0 Å². The van der Waals surface area contributed by atoms with Crippen LogP contribution in [0.25, 0.3) is 0 Å². The van der Waals surface area contributed by atoms with Crippen LogP contribution >= 0.6 is 0 Å². The van der Waals surface area contributed by atoms with Gasteiger partial charge in [0.15, 0.2) is 5.82 Å². The molecule has 4 heteroatoms. The van der Waals surface area contributed by atoms with Crippen molar-refractivity contribution in [2.24, 2.45) is 10.1 Å². The van der Waals surface area contributed by atoms with Crippen molar-refractivity contribution in [3.05, 3.63) is 11.4 Å². The molecule has 2 aliphatic heterocycles. The molecule has 0 bridgehead atoms. The van der Waals surface area contributed by atoms with Gasteiger partial charge in [0, 0.05) is 12.1 Å². The summed E-state index contributed by atoms with van der Waals surface area (Å²) in [7, 11) is 0. The van der Waals surface area contributed by atoms with Crippen LogP contribution in [-0.2, 0) is 0 Å². The molecule has 0 amide bonds. The molecule has 0 aromatic heterocycles. The van der Waals surface area contributed by atoms with Gasteiger partial charge in [-0.1, -0.05) is 0 Å². The van der Waals surface area contributed by atoms with Crippen LogP contribution in [0.3, 0.4) is 0 Å². The first-order valence-electron chi connectivity index (χ1n) is 2.70. The molecular formula is C5H5N4. The van der Waals surface area contributed by atoms with E-state index < -0.39 is 0 Å². The van der Waals surface area contributed by atoms with Crippen molar-refractivity contribution in [1.82, 2.24) is 10.7 Å². The van der Waals surface area contributed by atoms with Gasteiger partial charge in [-0.05, 0) is 0 Å². The van der Waals surface area contributed by atoms with Gasteiger partial charge < -0.3 is 5.32 Å². The number of hydrogen-bond acceptors (Lipinski definition) is 3. The summed E-state index contributed by atoms with van der Waals surface area (Å²) in [5, 5.41) is 6.66. The van der Waals surface area contributed by atoms with Crippen LogP contribution in [0.4, 0.5) is 0 Å². The Kier molecular flexibility index (Phi) is 0.798. The molecule has 45 valence electrons. The van der Waals surface area contributed by atoms with E-state index in [0.717, 1.165) is 17.9 Å². The van der Waals surface area contributed by atoms with Crippen molar-refractivity contribution in [2.45, 2.75) is 0 Å². The summed E-state index contributed by atoms with van der Waals surface area (Å²) in [6.45, 7) is 0.797. The first-order chi connectivity index (χ1) is 4.47. The summed E-state index contributed by atoms with van der Waals surface area (Å²) >= 11 is 0. The van der Waals surface area contributed by atoms with E-state index in [9.17, 15) is 0 Å². The smallest absolute Gasteiger partial charge is 0.182 e. The third-order valence-electron chi connectivity index (χ3n) is 1.22. The topological polar surface area (TPSA) is 50.9 Å². The zero-order valence-electron chi connectivity index (χ0n) is 4.70. The van der Waals surface area contributed by atoms with Crippen molar-refractivity contribution in [1.29, 1.82) is 0 Å². The van der Waals surface area contributed by atoms with E-state index in [1.165, 1.54) is 0 Å². The van der Waals surface area contributed by atoms with E-state index in [1.807, 2.05) is 0 Å². The van der Waals surface area contributed by atoms with E-state index in [2.05, 4.69) is 20.8 Å². The molecule has 0 unspecified atom stereocenters. The van der Waals surface area contributed by atoms with Gasteiger partial charge in [-0.2, -0.15) is 5.10 Å². The molecule has 0 saturated carbocycles. The fourth-order valence-corrected chi connectivity index (χ4v) is 0.771. The summed E-state index contributed by atoms with van der Waals surface area (Å²) in [5.74, 6) is 0.744. The summed E-state index contributed by atoms with van der Waals surface area (Å²) < 4.78 is 0. The van der Waals surface area contributed by atoms with Gasteiger partial charge in [0.2, 0.25) is 0 Å². The molecule has 0 fully saturated rings. The monoisotopic (exact) mass is 121 g/mol. The number of hydrogen-bond donors (Lipinski definition) is 1. The molecule has 9 heavy (non-hydrogen) atoms. The maximum absolute atomic E-state index is 3.94. The first-order valence-corrected chi connectivity index (χ1v) is 2.70. The van der Waals surface area contributed by atoms with Crippen LogP contribution in [0.2, 0.25) is 0 Å². The maximum atomic E-state index is 3.94. The molecule has 1 radical (unpaired) electrons. The SMILES string of the molecule is C1=N[N]C2=C1CNC=N2. The maximum Gasteiger partial charge on any atom is 0.182 e. The van der Waals surface area contributed by atoms with Gasteiger partial charge in [-0.15, -0.1) is 5.43 Å². The van der Waals surface area contributed by atoms with Gasteiger partial charge in [-0.25, -0.2) is 4.99 Å². The molecule has 2 aliphatic rings. The molecule has 0 atom stereocenters. The second-order valence-electron chi connectivity index (χ2n) is 1.83. The summed E-state index contributed by atoms with van der Waals surface area (Å²) in [5.41, 5.74) is 4.84. The second kappa shape index (κ2) is 1.58. The van der Waals surface area contributed by atoms with Crippen molar-refractivity contribution in [3.8, 4) is 0 Å². The van der Waals surface area contributed by atoms with Crippen LogP contribution in [0.15, 0.2) is 21.5 Å². The third-order valence-corrected chi connectivity index (χ3v) is 1.22. The highest BCUT2D eigenvalue weighted by atomic mass is 15.4. The lowest BCUT2D eigenvalue weighted by Crippen LogP contribution is -2.20. The van der Waals surface area contributed by atoms with E-state index >= 15 is 0 Å². The van der Waals surface area contributed by atoms with Crippen molar-refractivity contribution in [2.75, 3.05) is 6.54 Å². The van der Waals surface area contributed by atoms with Gasteiger partial charge in [0.05, 0.1) is 12.6 Å². The van der Waals surface area contributed by atoms with Crippen LogP contribution in [-0.4, -0.2) is 19.1 Å². The van der Waals surface area contributed by atoms with Crippen molar-refractivity contribution in [3.63, 3.8) is 0 Å². The number of rotatable bonds is 0. The quantitative estimate of drug-likeness (QED) is 0.458. The Morgan fingerprint density at radius 3 is 3.44 bits per heavy atom. The largest absolute Gasteiger partial charge is 0.372 e. The van der Waals surface area contributed by atoms with Crippen LogP contribution in [0.5, 0.6) is 0 Å². The van der Waals surface area contributed by atoms with E-state index in [-0.39, 0.29) is 0 Å². The normalized spacial score (nSPS) is 21.3. The molecule has 0 aromatic rings. The minimum atomic E-state index is 0.744. The zero-order valence-corrected chi connectivity index (χ0v) is 4.70. The Balaban J connectivity index is 2.35. The second-order valence-corrected chi connectivity index (χ2v) is 1.83. The number of nitrogens with zero attached hydrogens (tertiary/aromatic N) is 3. The van der Waals surface area contributed by atoms with E-state index in [4.69, 9.17) is 0 Å². The van der Waals surface area contributed by atoms with Gasteiger partial charge in [-0.3, -0.25) is 0 Å². The van der Waals surface area contributed by atoms with Gasteiger partial charge in [0.1, 0.15) is 0 Å². The van der Waals surface area contributed by atoms with E-state index in [1.54, 1.807) is 12.6 Å². The molecule has 0 aromatic carbocycles. The fourth-order valence-electron chi connectivity index (χ4n) is 0.771. The first kappa shape index (κ1) is 4.55. The molecule has 0 saturated heterocycles. The van der Waals surface area contributed by atoms with Crippen molar-refractivity contribution < 1.29 is 0 Å². The van der Waals surface area contributed by atoms with E-state index in [0.29, 0.717) is 0 Å². The predicted molar refractivity (Wildman–Crippen MR) is 34.1 cm³/mol. The third kappa shape index (κ3) is 0.595. The van der Waals surface area contributed by atoms with Crippen LogP contribution in [0.1, 0.15) is 0 Å². The summed E-state index contributed by atoms with van der Waals surface area (Å²) in [4.78, 5) is 3.94. The molecule has 2 rings (SSSR count). The lowest BCUT2D eigenvalue weighted by atomic mass is 10.3. The van der Waals surface area contributed by atoms with Crippen LogP contribution < -0.4 is 10.7 Å². The summed E-state index contributed by atoms with van der Waals surface area (Å²) in [6.07, 6.45) is 3.36. The molecule has 0 spiro atoms. The standard InChI is InChI=1S/C5H5N4/c1-4-2-8-9-5(4)7-3-6-1/h2-3H,1H2,(H,6,7). The Bertz CT molecular complexity index is 213. The Morgan fingerprint density at radius 2 is 2.56 bits per heavy atom. The average molecular weight is 121 g/mol. The highest BCUT2D eigenvalue weighted by Crippen LogP contribution is 2.08. The highest BCUT2D eigenvalue weighted by Gasteiger charge is 2.12. The van der Waals surface area contributed by atoms with Crippen molar-refractivity contribution >= 4 is 12.6 Å². The lowest BCUT2D eigenvalue weighted by molar-refractivity contribution is 0.849. The Labute approximate surface area is 52.4 Å². The van der Waals surface area contributed by atoms with Crippen LogP contribution in [0, 0.1) is 0 Å². The Morgan fingerprint density at radius 1 is 1.56 bits per heavy atom. The molecule has 4 nitrogen and oxygen atoms in total. The molecule has 1 N–H and O–H groups in total. The zero-order chi connectivity index (χ0) is 6.10. The Hall–Kier alpha value is -1.32. The molecule has 0 aliphatic carbocycles. The minimum absolute atomic E-state index is 0.744. The lowest BCUT2D eigenvalue weighted by Gasteiger charge is -2.04. The predicted octanol–water partition coefficient (Wildman–Crippen LogP) is -0.567. The minimum Gasteiger partial charge on any atom is -0.372 e.